The molecule has 0 amide bonds. The maximum atomic E-state index is 5.41. The fraction of sp³-hybridized carbons (Fsp3) is 0.0526. The highest BCUT2D eigenvalue weighted by Gasteiger charge is 2.17. The molecule has 4 nitrogen and oxygen atoms in total. The quantitative estimate of drug-likeness (QED) is 0.196. The van der Waals surface area contributed by atoms with Gasteiger partial charge in [0.25, 0.3) is 0 Å². The van der Waals surface area contributed by atoms with Crippen LogP contribution in [0.1, 0.15) is 0 Å². The van der Waals surface area contributed by atoms with Crippen molar-refractivity contribution in [2.24, 2.45) is 0 Å². The highest BCUT2D eigenvalue weighted by molar-refractivity contribution is 6.13. The zero-order valence-corrected chi connectivity index (χ0v) is 23.4. The van der Waals surface area contributed by atoms with Crippen LogP contribution in [0.15, 0.2) is 133 Å². The van der Waals surface area contributed by atoms with E-state index in [4.69, 9.17) is 19.4 Å². The molecule has 7 aromatic rings. The molecule has 42 heavy (non-hydrogen) atoms. The Balaban J connectivity index is 1.57. The van der Waals surface area contributed by atoms with Crippen molar-refractivity contribution in [1.29, 1.82) is 0 Å². The maximum Gasteiger partial charge on any atom is 0.118 e. The summed E-state index contributed by atoms with van der Waals surface area (Å²) in [5, 5.41) is 2.12. The predicted molar refractivity (Wildman–Crippen MR) is 172 cm³/mol. The van der Waals surface area contributed by atoms with Crippen molar-refractivity contribution in [3.8, 4) is 56.3 Å². The minimum absolute atomic E-state index is 0.812. The van der Waals surface area contributed by atoms with Gasteiger partial charge in [0.15, 0.2) is 0 Å². The molecule has 7 rings (SSSR count). The molecule has 0 saturated carbocycles. The van der Waals surface area contributed by atoms with E-state index >= 15 is 0 Å². The summed E-state index contributed by atoms with van der Waals surface area (Å²) >= 11 is 0. The van der Waals surface area contributed by atoms with E-state index in [-0.39, 0.29) is 0 Å². The van der Waals surface area contributed by atoms with Crippen LogP contribution in [0.2, 0.25) is 0 Å². The lowest BCUT2D eigenvalue weighted by Gasteiger charge is -2.15. The van der Waals surface area contributed by atoms with Gasteiger partial charge in [-0.2, -0.15) is 0 Å². The molecule has 0 unspecified atom stereocenters. The fourth-order valence-electron chi connectivity index (χ4n) is 5.51. The first-order chi connectivity index (χ1) is 20.7. The molecule has 0 fully saturated rings. The van der Waals surface area contributed by atoms with E-state index in [1.165, 1.54) is 0 Å². The highest BCUT2D eigenvalue weighted by atomic mass is 16.5. The Morgan fingerprint density at radius 1 is 0.405 bits per heavy atom. The lowest BCUT2D eigenvalue weighted by Crippen LogP contribution is -1.96. The predicted octanol–water partition coefficient (Wildman–Crippen LogP) is 9.47. The summed E-state index contributed by atoms with van der Waals surface area (Å²) in [5.74, 6) is 1.62. The molecule has 0 saturated heterocycles. The van der Waals surface area contributed by atoms with Gasteiger partial charge in [0.2, 0.25) is 0 Å². The van der Waals surface area contributed by atoms with Gasteiger partial charge in [0.1, 0.15) is 11.5 Å². The van der Waals surface area contributed by atoms with Gasteiger partial charge in [0.05, 0.1) is 36.6 Å². The Kier molecular flexibility index (Phi) is 6.57. The van der Waals surface area contributed by atoms with Crippen molar-refractivity contribution < 1.29 is 9.47 Å². The van der Waals surface area contributed by atoms with Crippen LogP contribution in [0, 0.1) is 0 Å². The van der Waals surface area contributed by atoms with Gasteiger partial charge in [-0.1, -0.05) is 72.8 Å². The lowest BCUT2D eigenvalue weighted by atomic mass is 9.94. The minimum atomic E-state index is 0.812. The Bertz CT molecular complexity index is 1870. The van der Waals surface area contributed by atoms with Crippen LogP contribution in [-0.4, -0.2) is 24.2 Å². The maximum absolute atomic E-state index is 5.41. The van der Waals surface area contributed by atoms with Crippen LogP contribution < -0.4 is 9.47 Å². The third kappa shape index (κ3) is 4.63. The summed E-state index contributed by atoms with van der Waals surface area (Å²) in [7, 11) is 3.36. The zero-order valence-electron chi connectivity index (χ0n) is 23.4. The molecule has 2 aromatic heterocycles. The summed E-state index contributed by atoms with van der Waals surface area (Å²) in [5.41, 5.74) is 10.0. The molecule has 0 atom stereocenters. The normalized spacial score (nSPS) is 11.1. The zero-order chi connectivity index (χ0) is 28.5. The second kappa shape index (κ2) is 10.8. The summed E-state index contributed by atoms with van der Waals surface area (Å²) < 4.78 is 10.8. The average Bonchev–Trinajstić information content (AvgIpc) is 3.08. The molecule has 0 aliphatic heterocycles. The van der Waals surface area contributed by atoms with Crippen LogP contribution >= 0.6 is 0 Å². The molecule has 0 radical (unpaired) electrons. The first-order valence-electron chi connectivity index (χ1n) is 13.9. The number of fused-ring (bicyclic) bond motifs is 3. The number of ether oxygens (including phenoxy) is 2. The molecule has 0 bridgehead atoms. The number of pyridine rings is 2. The van der Waals surface area contributed by atoms with E-state index in [0.29, 0.717) is 0 Å². The van der Waals surface area contributed by atoms with E-state index in [1.54, 1.807) is 14.2 Å². The van der Waals surface area contributed by atoms with Crippen molar-refractivity contribution in [2.45, 2.75) is 0 Å². The standard InChI is InChI=1S/C38H28N2O2/c1-41-29-17-13-27(14-18-29)35-23-33(25-9-5-3-6-10-25)31-21-22-32-34(26-11-7-4-8-12-26)24-36(40-38(32)37(31)39-35)28-15-19-30(42-2)20-16-28/h3-24H,1-2H3. The van der Waals surface area contributed by atoms with Gasteiger partial charge >= 0.3 is 0 Å². The third-order valence-electron chi connectivity index (χ3n) is 7.70. The second-order valence-electron chi connectivity index (χ2n) is 10.2. The summed E-state index contributed by atoms with van der Waals surface area (Å²) in [6.07, 6.45) is 0. The Morgan fingerprint density at radius 3 is 1.14 bits per heavy atom. The van der Waals surface area contributed by atoms with Gasteiger partial charge in [-0.15, -0.1) is 0 Å². The van der Waals surface area contributed by atoms with Crippen LogP contribution in [0.25, 0.3) is 66.6 Å². The molecule has 0 spiro atoms. The van der Waals surface area contributed by atoms with Crippen molar-refractivity contribution >= 4 is 21.8 Å². The first-order valence-corrected chi connectivity index (χ1v) is 13.9. The van der Waals surface area contributed by atoms with Crippen LogP contribution in [0.5, 0.6) is 11.5 Å². The van der Waals surface area contributed by atoms with E-state index in [2.05, 4.69) is 97.1 Å². The van der Waals surface area contributed by atoms with E-state index in [9.17, 15) is 0 Å². The van der Waals surface area contributed by atoms with Crippen LogP contribution in [0.3, 0.4) is 0 Å². The summed E-state index contributed by atoms with van der Waals surface area (Å²) in [4.78, 5) is 10.6. The molecule has 5 aromatic carbocycles. The van der Waals surface area contributed by atoms with Gasteiger partial charge in [-0.05, 0) is 82.9 Å². The Morgan fingerprint density at radius 2 is 0.786 bits per heavy atom. The largest absolute Gasteiger partial charge is 0.497 e. The molecule has 4 heteroatoms. The number of aromatic nitrogens is 2. The summed E-state index contributed by atoms with van der Waals surface area (Å²) in [6, 6.07) is 45.8. The molecular formula is C38H28N2O2. The number of methoxy groups -OCH3 is 2. The number of hydrogen-bond acceptors (Lipinski definition) is 4. The van der Waals surface area contributed by atoms with Gasteiger partial charge in [0, 0.05) is 21.9 Å². The van der Waals surface area contributed by atoms with Crippen molar-refractivity contribution in [1.82, 2.24) is 9.97 Å². The third-order valence-corrected chi connectivity index (χ3v) is 7.70. The monoisotopic (exact) mass is 544 g/mol. The molecule has 0 aliphatic carbocycles. The lowest BCUT2D eigenvalue weighted by molar-refractivity contribution is 0.415. The fourth-order valence-corrected chi connectivity index (χ4v) is 5.51. The average molecular weight is 545 g/mol. The minimum Gasteiger partial charge on any atom is -0.497 e. The van der Waals surface area contributed by atoms with E-state index in [1.807, 2.05) is 36.4 Å². The molecule has 0 N–H and O–H groups in total. The topological polar surface area (TPSA) is 44.2 Å². The number of hydrogen-bond donors (Lipinski definition) is 0. The molecule has 202 valence electrons. The van der Waals surface area contributed by atoms with Gasteiger partial charge < -0.3 is 9.47 Å². The van der Waals surface area contributed by atoms with Crippen LogP contribution in [0.4, 0.5) is 0 Å². The highest BCUT2D eigenvalue weighted by Crippen LogP contribution is 2.39. The second-order valence-corrected chi connectivity index (χ2v) is 10.2. The Labute approximate surface area is 244 Å². The van der Waals surface area contributed by atoms with E-state index in [0.717, 1.165) is 78.1 Å². The Hall–Kier alpha value is -5.48. The van der Waals surface area contributed by atoms with Crippen LogP contribution in [-0.2, 0) is 0 Å². The first kappa shape index (κ1) is 25.5. The van der Waals surface area contributed by atoms with Crippen molar-refractivity contribution in [2.75, 3.05) is 14.2 Å². The van der Waals surface area contributed by atoms with Crippen molar-refractivity contribution in [3.05, 3.63) is 133 Å². The number of nitrogens with zero attached hydrogens (tertiary/aromatic N) is 2. The van der Waals surface area contributed by atoms with Gasteiger partial charge in [-0.25, -0.2) is 9.97 Å². The van der Waals surface area contributed by atoms with E-state index < -0.39 is 0 Å². The summed E-state index contributed by atoms with van der Waals surface area (Å²) in [6.45, 7) is 0. The number of rotatable bonds is 6. The smallest absolute Gasteiger partial charge is 0.118 e. The SMILES string of the molecule is COc1ccc(-c2cc(-c3ccccc3)c3ccc4c(-c5ccccc5)cc(-c5ccc(OC)cc5)nc4c3n2)cc1. The molecular weight excluding hydrogens is 516 g/mol. The molecule has 2 heterocycles. The number of benzene rings is 5. The van der Waals surface area contributed by atoms with Crippen molar-refractivity contribution in [3.63, 3.8) is 0 Å². The molecule has 0 aliphatic rings. The van der Waals surface area contributed by atoms with Gasteiger partial charge in [-0.3, -0.25) is 0 Å².